The first kappa shape index (κ1) is 18.9. The summed E-state index contributed by atoms with van der Waals surface area (Å²) in [5, 5.41) is 15.9. The largest absolute Gasteiger partial charge is 0.481 e. The Hall–Kier alpha value is -2.41. The maximum absolute atomic E-state index is 13.1. The highest BCUT2D eigenvalue weighted by Crippen LogP contribution is 2.47. The van der Waals surface area contributed by atoms with Gasteiger partial charge in [-0.3, -0.25) is 9.48 Å². The molecule has 4 rings (SSSR count). The van der Waals surface area contributed by atoms with Crippen LogP contribution in [0, 0.1) is 20.8 Å². The fourth-order valence-electron chi connectivity index (χ4n) is 4.91. The first-order valence-electron chi connectivity index (χ1n) is 9.87. The number of carbonyl (C=O) groups excluding carboxylic acids is 1. The molecule has 2 saturated heterocycles. The Balaban J connectivity index is 1.55. The summed E-state index contributed by atoms with van der Waals surface area (Å²) in [4.78, 5) is 19.4. The summed E-state index contributed by atoms with van der Waals surface area (Å²) in [6, 6.07) is 3.75. The van der Waals surface area contributed by atoms with Crippen LogP contribution < -0.4 is 4.74 Å². The zero-order valence-electron chi connectivity index (χ0n) is 17.0. The standard InChI is InChI=1S/C21H28N4O3/c1-13-14(2)23-24(15(13)3)12-19(26)25-16-7-8-17(25)11-21(27,10-16)18-6-5-9-22-20(18)28-4/h5-6,9,16-17,27H,7-8,10-12H2,1-4H3. The van der Waals surface area contributed by atoms with Crippen molar-refractivity contribution in [1.82, 2.24) is 19.7 Å². The van der Waals surface area contributed by atoms with E-state index in [9.17, 15) is 9.90 Å². The van der Waals surface area contributed by atoms with E-state index >= 15 is 0 Å². The lowest BCUT2D eigenvalue weighted by Gasteiger charge is -2.44. The molecular weight excluding hydrogens is 356 g/mol. The molecule has 7 nitrogen and oxygen atoms in total. The molecule has 4 heterocycles. The fourth-order valence-corrected chi connectivity index (χ4v) is 4.91. The second kappa shape index (κ2) is 6.88. The third kappa shape index (κ3) is 2.98. The van der Waals surface area contributed by atoms with Gasteiger partial charge in [-0.25, -0.2) is 4.98 Å². The van der Waals surface area contributed by atoms with Crippen molar-refractivity contribution in [1.29, 1.82) is 0 Å². The number of methoxy groups -OCH3 is 1. The van der Waals surface area contributed by atoms with Crippen molar-refractivity contribution >= 4 is 5.91 Å². The molecule has 2 atom stereocenters. The van der Waals surface area contributed by atoms with Crippen LogP contribution in [0.2, 0.25) is 0 Å². The Morgan fingerprint density at radius 1 is 1.29 bits per heavy atom. The third-order valence-electron chi connectivity index (χ3n) is 6.55. The van der Waals surface area contributed by atoms with E-state index in [1.807, 2.05) is 37.8 Å². The van der Waals surface area contributed by atoms with E-state index in [2.05, 4.69) is 10.1 Å². The van der Waals surface area contributed by atoms with E-state index < -0.39 is 5.60 Å². The van der Waals surface area contributed by atoms with Crippen LogP contribution in [0.4, 0.5) is 0 Å². The number of ether oxygens (including phenoxy) is 1. The minimum absolute atomic E-state index is 0.0271. The topological polar surface area (TPSA) is 80.5 Å². The minimum atomic E-state index is -1.02. The molecular formula is C21H28N4O3. The van der Waals surface area contributed by atoms with Gasteiger partial charge in [-0.15, -0.1) is 0 Å². The second-order valence-corrected chi connectivity index (χ2v) is 8.14. The monoisotopic (exact) mass is 384 g/mol. The first-order chi connectivity index (χ1) is 13.3. The number of pyridine rings is 1. The molecule has 0 saturated carbocycles. The van der Waals surface area contributed by atoms with Crippen LogP contribution in [0.5, 0.6) is 5.88 Å². The smallest absolute Gasteiger partial charge is 0.244 e. The van der Waals surface area contributed by atoms with Crippen molar-refractivity contribution < 1.29 is 14.6 Å². The molecule has 2 aromatic heterocycles. The van der Waals surface area contributed by atoms with Crippen LogP contribution in [0.1, 0.15) is 48.2 Å². The molecule has 2 fully saturated rings. The normalized spacial score (nSPS) is 26.5. The van der Waals surface area contributed by atoms with Gasteiger partial charge in [-0.05, 0) is 51.3 Å². The van der Waals surface area contributed by atoms with Gasteiger partial charge in [0, 0.05) is 42.4 Å². The van der Waals surface area contributed by atoms with Gasteiger partial charge in [-0.2, -0.15) is 5.10 Å². The molecule has 150 valence electrons. The van der Waals surface area contributed by atoms with E-state index in [1.54, 1.807) is 18.0 Å². The lowest BCUT2D eigenvalue weighted by Crippen LogP contribution is -2.53. The number of aliphatic hydroxyl groups is 1. The van der Waals surface area contributed by atoms with E-state index in [4.69, 9.17) is 4.74 Å². The average molecular weight is 384 g/mol. The van der Waals surface area contributed by atoms with Gasteiger partial charge in [0.25, 0.3) is 0 Å². The Bertz CT molecular complexity index is 893. The summed E-state index contributed by atoms with van der Waals surface area (Å²) in [5.41, 5.74) is 2.83. The summed E-state index contributed by atoms with van der Waals surface area (Å²) >= 11 is 0. The molecule has 2 unspecified atom stereocenters. The van der Waals surface area contributed by atoms with Gasteiger partial charge in [0.05, 0.1) is 18.4 Å². The Kier molecular flexibility index (Phi) is 4.65. The Morgan fingerprint density at radius 2 is 1.96 bits per heavy atom. The molecule has 1 N–H and O–H groups in total. The van der Waals surface area contributed by atoms with Crippen molar-refractivity contribution in [2.45, 2.75) is 70.7 Å². The van der Waals surface area contributed by atoms with Crippen molar-refractivity contribution in [3.8, 4) is 5.88 Å². The SMILES string of the molecule is COc1ncccc1C1(O)CC2CCC(C1)N2C(=O)Cn1nc(C)c(C)c1C. The van der Waals surface area contributed by atoms with Crippen molar-refractivity contribution in [3.63, 3.8) is 0 Å². The Morgan fingerprint density at radius 3 is 2.54 bits per heavy atom. The third-order valence-corrected chi connectivity index (χ3v) is 6.55. The zero-order valence-corrected chi connectivity index (χ0v) is 17.0. The lowest BCUT2D eigenvalue weighted by molar-refractivity contribution is -0.143. The van der Waals surface area contributed by atoms with Gasteiger partial charge in [-0.1, -0.05) is 0 Å². The lowest BCUT2D eigenvalue weighted by atomic mass is 9.80. The van der Waals surface area contributed by atoms with Gasteiger partial charge < -0.3 is 14.7 Å². The summed E-state index contributed by atoms with van der Waals surface area (Å²) < 4.78 is 7.17. The molecule has 2 aliphatic rings. The van der Waals surface area contributed by atoms with Gasteiger partial charge >= 0.3 is 0 Å². The van der Waals surface area contributed by atoms with E-state index in [0.717, 1.165) is 35.4 Å². The fraction of sp³-hybridized carbons (Fsp3) is 0.571. The van der Waals surface area contributed by atoms with E-state index in [-0.39, 0.29) is 24.5 Å². The van der Waals surface area contributed by atoms with Crippen molar-refractivity contribution in [2.75, 3.05) is 7.11 Å². The van der Waals surface area contributed by atoms with Crippen molar-refractivity contribution in [2.24, 2.45) is 0 Å². The number of rotatable bonds is 4. The van der Waals surface area contributed by atoms with Crippen LogP contribution in [0.25, 0.3) is 0 Å². The molecule has 2 aromatic rings. The predicted octanol–water partition coefficient (Wildman–Crippen LogP) is 2.25. The molecule has 7 heteroatoms. The molecule has 2 bridgehead atoms. The van der Waals surface area contributed by atoms with Crippen LogP contribution in [0.15, 0.2) is 18.3 Å². The molecule has 1 amide bonds. The number of carbonyl (C=O) groups is 1. The van der Waals surface area contributed by atoms with Crippen LogP contribution >= 0.6 is 0 Å². The molecule has 0 radical (unpaired) electrons. The highest BCUT2D eigenvalue weighted by atomic mass is 16.5. The number of amides is 1. The number of nitrogens with zero attached hydrogens (tertiary/aromatic N) is 4. The van der Waals surface area contributed by atoms with Gasteiger partial charge in [0.15, 0.2) is 0 Å². The minimum Gasteiger partial charge on any atom is -0.481 e. The highest BCUT2D eigenvalue weighted by molar-refractivity contribution is 5.77. The number of piperidine rings is 1. The van der Waals surface area contributed by atoms with Crippen LogP contribution in [-0.4, -0.2) is 49.9 Å². The number of aromatic nitrogens is 3. The quantitative estimate of drug-likeness (QED) is 0.875. The first-order valence-corrected chi connectivity index (χ1v) is 9.87. The summed E-state index contributed by atoms with van der Waals surface area (Å²) in [7, 11) is 1.57. The number of hydrogen-bond donors (Lipinski definition) is 1. The predicted molar refractivity (Wildman–Crippen MR) is 104 cm³/mol. The number of aryl methyl sites for hydroxylation is 1. The van der Waals surface area contributed by atoms with Crippen LogP contribution in [0.3, 0.4) is 0 Å². The van der Waals surface area contributed by atoms with Gasteiger partial charge in [0.1, 0.15) is 6.54 Å². The van der Waals surface area contributed by atoms with E-state index in [1.165, 1.54) is 0 Å². The summed E-state index contributed by atoms with van der Waals surface area (Å²) in [6.07, 6.45) is 4.51. The Labute approximate surface area is 165 Å². The summed E-state index contributed by atoms with van der Waals surface area (Å²) in [5.74, 6) is 0.542. The van der Waals surface area contributed by atoms with Crippen molar-refractivity contribution in [3.05, 3.63) is 40.8 Å². The molecule has 28 heavy (non-hydrogen) atoms. The average Bonchev–Trinajstić information content (AvgIpc) is 3.10. The molecule has 0 spiro atoms. The second-order valence-electron chi connectivity index (χ2n) is 8.14. The molecule has 0 aliphatic carbocycles. The van der Waals surface area contributed by atoms with Gasteiger partial charge in [0.2, 0.25) is 11.8 Å². The maximum Gasteiger partial charge on any atom is 0.244 e. The number of hydrogen-bond acceptors (Lipinski definition) is 5. The zero-order chi connectivity index (χ0) is 20.1. The molecule has 0 aromatic carbocycles. The van der Waals surface area contributed by atoms with Crippen LogP contribution in [-0.2, 0) is 16.9 Å². The highest BCUT2D eigenvalue weighted by Gasteiger charge is 2.51. The number of fused-ring (bicyclic) bond motifs is 2. The molecule has 2 aliphatic heterocycles. The van der Waals surface area contributed by atoms with E-state index in [0.29, 0.717) is 18.7 Å². The summed E-state index contributed by atoms with van der Waals surface area (Å²) in [6.45, 7) is 6.25. The maximum atomic E-state index is 13.1.